The van der Waals surface area contributed by atoms with Gasteiger partial charge in [-0.3, -0.25) is 4.79 Å². The number of ether oxygens (including phenoxy) is 1. The first-order valence-corrected chi connectivity index (χ1v) is 6.04. The molecule has 2 N–H and O–H groups in total. The summed E-state index contributed by atoms with van der Waals surface area (Å²) < 4.78 is 5.82. The Labute approximate surface area is 97.4 Å². The highest BCUT2D eigenvalue weighted by Crippen LogP contribution is 2.31. The number of hydrogen-bond acceptors (Lipinski definition) is 3. The van der Waals surface area contributed by atoms with Crippen LogP contribution in [0.4, 0.5) is 0 Å². The number of nitrogens with one attached hydrogen (secondary N) is 1. The molecule has 0 aromatic heterocycles. The first kappa shape index (κ1) is 13.5. The fourth-order valence-electron chi connectivity index (χ4n) is 2.46. The first-order chi connectivity index (χ1) is 7.51. The summed E-state index contributed by atoms with van der Waals surface area (Å²) in [5.74, 6) is 0.554. The zero-order valence-electron chi connectivity index (χ0n) is 10.6. The summed E-state index contributed by atoms with van der Waals surface area (Å²) in [7, 11) is 0. The number of carbonyl (C=O) groups is 1. The minimum atomic E-state index is -0.107. The van der Waals surface area contributed by atoms with E-state index in [1.165, 1.54) is 6.92 Å². The largest absolute Gasteiger partial charge is 0.394 e. The van der Waals surface area contributed by atoms with Crippen LogP contribution >= 0.6 is 0 Å². The van der Waals surface area contributed by atoms with Gasteiger partial charge < -0.3 is 15.2 Å². The summed E-state index contributed by atoms with van der Waals surface area (Å²) in [5, 5.41) is 12.2. The van der Waals surface area contributed by atoms with E-state index >= 15 is 0 Å². The Morgan fingerprint density at radius 2 is 1.94 bits per heavy atom. The monoisotopic (exact) mass is 229 g/mol. The van der Waals surface area contributed by atoms with Crippen molar-refractivity contribution in [1.82, 2.24) is 5.32 Å². The van der Waals surface area contributed by atoms with Gasteiger partial charge >= 0.3 is 0 Å². The SMILES string of the molecule is CC[C@@H]1O[C@H](CO)[C@@H](C)[C@H](C)[C@H]1NC(C)=O. The molecule has 4 nitrogen and oxygen atoms in total. The lowest BCUT2D eigenvalue weighted by Gasteiger charge is -2.44. The maximum atomic E-state index is 11.2. The molecule has 1 amide bonds. The van der Waals surface area contributed by atoms with Crippen LogP contribution in [0.15, 0.2) is 0 Å². The maximum absolute atomic E-state index is 11.2. The maximum Gasteiger partial charge on any atom is 0.217 e. The van der Waals surface area contributed by atoms with Crippen molar-refractivity contribution in [2.45, 2.75) is 52.4 Å². The van der Waals surface area contributed by atoms with E-state index in [-0.39, 0.29) is 36.7 Å². The van der Waals surface area contributed by atoms with Gasteiger partial charge in [0, 0.05) is 6.92 Å². The molecule has 1 saturated heterocycles. The predicted molar refractivity (Wildman–Crippen MR) is 62.0 cm³/mol. The van der Waals surface area contributed by atoms with Crippen molar-refractivity contribution in [2.24, 2.45) is 11.8 Å². The van der Waals surface area contributed by atoms with Gasteiger partial charge in [0.05, 0.1) is 24.9 Å². The normalized spacial score (nSPS) is 39.4. The fourth-order valence-corrected chi connectivity index (χ4v) is 2.46. The van der Waals surface area contributed by atoms with Crippen LogP contribution in [0.5, 0.6) is 0 Å². The molecule has 0 aliphatic carbocycles. The molecular formula is C12H23NO3. The van der Waals surface area contributed by atoms with Gasteiger partial charge in [-0.15, -0.1) is 0 Å². The lowest BCUT2D eigenvalue weighted by Crippen LogP contribution is -2.57. The molecule has 0 radical (unpaired) electrons. The van der Waals surface area contributed by atoms with Crippen LogP contribution in [-0.2, 0) is 9.53 Å². The van der Waals surface area contributed by atoms with Crippen LogP contribution in [0.2, 0.25) is 0 Å². The molecule has 5 atom stereocenters. The molecule has 0 spiro atoms. The van der Waals surface area contributed by atoms with Crippen LogP contribution < -0.4 is 5.32 Å². The van der Waals surface area contributed by atoms with Gasteiger partial charge in [-0.1, -0.05) is 20.8 Å². The molecule has 1 rings (SSSR count). The van der Waals surface area contributed by atoms with Crippen LogP contribution in [0.25, 0.3) is 0 Å². The lowest BCUT2D eigenvalue weighted by molar-refractivity contribution is -0.145. The van der Waals surface area contributed by atoms with E-state index in [2.05, 4.69) is 19.2 Å². The van der Waals surface area contributed by atoms with Crippen LogP contribution in [0.1, 0.15) is 34.1 Å². The summed E-state index contributed by atoms with van der Waals surface area (Å²) >= 11 is 0. The number of aliphatic hydroxyl groups excluding tert-OH is 1. The molecule has 0 bridgehead atoms. The Morgan fingerprint density at radius 3 is 2.38 bits per heavy atom. The molecule has 0 saturated carbocycles. The van der Waals surface area contributed by atoms with Gasteiger partial charge in [-0.05, 0) is 18.3 Å². The highest BCUT2D eigenvalue weighted by molar-refractivity contribution is 5.73. The highest BCUT2D eigenvalue weighted by atomic mass is 16.5. The van der Waals surface area contributed by atoms with Crippen LogP contribution in [0.3, 0.4) is 0 Å². The average molecular weight is 229 g/mol. The fraction of sp³-hybridized carbons (Fsp3) is 0.917. The zero-order chi connectivity index (χ0) is 12.3. The lowest BCUT2D eigenvalue weighted by atomic mass is 9.79. The molecule has 1 heterocycles. The first-order valence-electron chi connectivity index (χ1n) is 6.04. The summed E-state index contributed by atoms with van der Waals surface area (Å²) in [4.78, 5) is 11.2. The summed E-state index contributed by atoms with van der Waals surface area (Å²) in [5.41, 5.74) is 0. The molecule has 16 heavy (non-hydrogen) atoms. The van der Waals surface area contributed by atoms with Crippen LogP contribution in [-0.4, -0.2) is 35.9 Å². The van der Waals surface area contributed by atoms with Gasteiger partial charge in [0.25, 0.3) is 0 Å². The van der Waals surface area contributed by atoms with Crippen molar-refractivity contribution in [3.63, 3.8) is 0 Å². The number of carbonyl (C=O) groups excluding carboxylic acids is 1. The molecule has 0 aromatic rings. The second-order valence-corrected chi connectivity index (χ2v) is 4.75. The standard InChI is InChI=1S/C12H23NO3/c1-5-10-12(13-9(4)15)8(3)7(2)11(6-14)16-10/h7-8,10-12,14H,5-6H2,1-4H3,(H,13,15)/t7-,8-,10-,11+,12+/m0/s1. The second kappa shape index (κ2) is 5.64. The second-order valence-electron chi connectivity index (χ2n) is 4.75. The average Bonchev–Trinajstić information content (AvgIpc) is 2.25. The van der Waals surface area contributed by atoms with Crippen molar-refractivity contribution in [1.29, 1.82) is 0 Å². The van der Waals surface area contributed by atoms with Gasteiger partial charge in [-0.2, -0.15) is 0 Å². The summed E-state index contributed by atoms with van der Waals surface area (Å²) in [6, 6.07) is 0.0558. The van der Waals surface area contributed by atoms with E-state index in [1.54, 1.807) is 0 Å². The molecule has 0 unspecified atom stereocenters. The zero-order valence-corrected chi connectivity index (χ0v) is 10.6. The molecule has 4 heteroatoms. The van der Waals surface area contributed by atoms with Gasteiger partial charge in [0.15, 0.2) is 0 Å². The Morgan fingerprint density at radius 1 is 1.31 bits per heavy atom. The van der Waals surface area contributed by atoms with Crippen molar-refractivity contribution in [3.05, 3.63) is 0 Å². The minimum Gasteiger partial charge on any atom is -0.394 e. The smallest absolute Gasteiger partial charge is 0.217 e. The molecule has 1 fully saturated rings. The van der Waals surface area contributed by atoms with E-state index in [0.29, 0.717) is 5.92 Å². The quantitative estimate of drug-likeness (QED) is 0.757. The molecule has 94 valence electrons. The third-order valence-corrected chi connectivity index (χ3v) is 3.68. The molecule has 1 aliphatic heterocycles. The third-order valence-electron chi connectivity index (χ3n) is 3.68. The van der Waals surface area contributed by atoms with Crippen molar-refractivity contribution < 1.29 is 14.6 Å². The van der Waals surface area contributed by atoms with Crippen LogP contribution in [0, 0.1) is 11.8 Å². The van der Waals surface area contributed by atoms with E-state index in [1.807, 2.05) is 6.92 Å². The minimum absolute atomic E-state index is 0.00671. The Balaban J connectivity index is 2.77. The van der Waals surface area contributed by atoms with Crippen molar-refractivity contribution in [2.75, 3.05) is 6.61 Å². The van der Waals surface area contributed by atoms with Gasteiger partial charge in [0.2, 0.25) is 5.91 Å². The topological polar surface area (TPSA) is 58.6 Å². The number of rotatable bonds is 3. The summed E-state index contributed by atoms with van der Waals surface area (Å²) in [6.07, 6.45) is 0.746. The Hall–Kier alpha value is -0.610. The Bertz CT molecular complexity index is 242. The Kier molecular flexibility index (Phi) is 4.74. The molecular weight excluding hydrogens is 206 g/mol. The van der Waals surface area contributed by atoms with Crippen molar-refractivity contribution in [3.8, 4) is 0 Å². The van der Waals surface area contributed by atoms with E-state index in [0.717, 1.165) is 6.42 Å². The van der Waals surface area contributed by atoms with Gasteiger partial charge in [-0.25, -0.2) is 0 Å². The van der Waals surface area contributed by atoms with Crippen molar-refractivity contribution >= 4 is 5.91 Å². The number of hydrogen-bond donors (Lipinski definition) is 2. The highest BCUT2D eigenvalue weighted by Gasteiger charge is 2.40. The summed E-state index contributed by atoms with van der Waals surface area (Å²) in [6.45, 7) is 7.79. The van der Waals surface area contributed by atoms with E-state index in [9.17, 15) is 9.90 Å². The predicted octanol–water partition coefficient (Wildman–Crippen LogP) is 0.933. The van der Waals surface area contributed by atoms with E-state index < -0.39 is 0 Å². The van der Waals surface area contributed by atoms with Gasteiger partial charge in [0.1, 0.15) is 0 Å². The molecule has 1 aliphatic rings. The molecule has 0 aromatic carbocycles. The number of amides is 1. The van der Waals surface area contributed by atoms with E-state index in [4.69, 9.17) is 4.74 Å². The number of aliphatic hydroxyl groups is 1. The third kappa shape index (κ3) is 2.74.